The molecule has 0 saturated carbocycles. The van der Waals surface area contributed by atoms with Crippen LogP contribution in [0.15, 0.2) is 0 Å². The fraction of sp³-hybridized carbons (Fsp3) is 0.900. The van der Waals surface area contributed by atoms with E-state index in [4.69, 9.17) is 5.26 Å². The smallest absolute Gasteiger partial charge is 0.295 e. The maximum atomic E-state index is 12.1. The van der Waals surface area contributed by atoms with Crippen molar-refractivity contribution in [3.63, 3.8) is 0 Å². The molecule has 1 saturated heterocycles. The first-order chi connectivity index (χ1) is 6.85. The van der Waals surface area contributed by atoms with Gasteiger partial charge in [-0.15, -0.1) is 0 Å². The van der Waals surface area contributed by atoms with Gasteiger partial charge in [0.2, 0.25) is 0 Å². The first kappa shape index (κ1) is 12.3. The lowest BCUT2D eigenvalue weighted by Crippen LogP contribution is -2.43. The van der Waals surface area contributed by atoms with E-state index in [2.05, 4.69) is 6.07 Å². The Morgan fingerprint density at radius 2 is 1.87 bits per heavy atom. The number of likely N-dealkylation sites (tertiary alicyclic amines) is 1. The SMILES string of the molecule is CC1(CC#N)CCN(CC(F)(F)F)CC1. The van der Waals surface area contributed by atoms with Crippen molar-refractivity contribution in [1.29, 1.82) is 5.26 Å². The van der Waals surface area contributed by atoms with Gasteiger partial charge in [-0.3, -0.25) is 4.90 Å². The predicted molar refractivity (Wildman–Crippen MR) is 50.1 cm³/mol. The monoisotopic (exact) mass is 220 g/mol. The van der Waals surface area contributed by atoms with E-state index >= 15 is 0 Å². The average molecular weight is 220 g/mol. The third kappa shape index (κ3) is 4.08. The molecule has 0 unspecified atom stereocenters. The maximum absolute atomic E-state index is 12.1. The molecule has 0 radical (unpaired) electrons. The summed E-state index contributed by atoms with van der Waals surface area (Å²) in [7, 11) is 0. The molecular weight excluding hydrogens is 205 g/mol. The van der Waals surface area contributed by atoms with Crippen LogP contribution in [0.4, 0.5) is 13.2 Å². The molecule has 1 rings (SSSR count). The molecule has 0 N–H and O–H groups in total. The van der Waals surface area contributed by atoms with Crippen molar-refractivity contribution >= 4 is 0 Å². The van der Waals surface area contributed by atoms with Crippen molar-refractivity contribution in [3.05, 3.63) is 0 Å². The summed E-state index contributed by atoms with van der Waals surface area (Å²) in [5.41, 5.74) is -0.0865. The largest absolute Gasteiger partial charge is 0.401 e. The molecule has 2 nitrogen and oxygen atoms in total. The van der Waals surface area contributed by atoms with E-state index in [1.54, 1.807) is 0 Å². The van der Waals surface area contributed by atoms with Gasteiger partial charge in [0.25, 0.3) is 0 Å². The highest BCUT2D eigenvalue weighted by Gasteiger charge is 2.35. The second-order valence-corrected chi connectivity index (χ2v) is 4.54. The molecule has 1 aliphatic heterocycles. The minimum absolute atomic E-state index is 0.0865. The van der Waals surface area contributed by atoms with Crippen molar-refractivity contribution < 1.29 is 13.2 Å². The highest BCUT2D eigenvalue weighted by atomic mass is 19.4. The van der Waals surface area contributed by atoms with Gasteiger partial charge in [-0.25, -0.2) is 0 Å². The van der Waals surface area contributed by atoms with E-state index in [-0.39, 0.29) is 5.41 Å². The average Bonchev–Trinajstić information content (AvgIpc) is 2.08. The van der Waals surface area contributed by atoms with Crippen molar-refractivity contribution in [1.82, 2.24) is 4.90 Å². The van der Waals surface area contributed by atoms with Crippen LogP contribution in [0.5, 0.6) is 0 Å². The van der Waals surface area contributed by atoms with E-state index in [0.717, 1.165) is 0 Å². The molecule has 15 heavy (non-hydrogen) atoms. The number of hydrogen-bond acceptors (Lipinski definition) is 2. The van der Waals surface area contributed by atoms with Gasteiger partial charge in [0.05, 0.1) is 12.6 Å². The van der Waals surface area contributed by atoms with Gasteiger partial charge < -0.3 is 0 Å². The normalized spacial score (nSPS) is 22.3. The molecule has 0 aromatic heterocycles. The molecule has 86 valence electrons. The van der Waals surface area contributed by atoms with Gasteiger partial charge in [-0.1, -0.05) is 6.92 Å². The molecule has 0 amide bonds. The molecular formula is C10H15F3N2. The second-order valence-electron chi connectivity index (χ2n) is 4.54. The Morgan fingerprint density at radius 3 is 2.27 bits per heavy atom. The van der Waals surface area contributed by atoms with Crippen LogP contribution in [0, 0.1) is 16.7 Å². The predicted octanol–water partition coefficient (Wildman–Crippen LogP) is 2.56. The first-order valence-corrected chi connectivity index (χ1v) is 5.01. The summed E-state index contributed by atoms with van der Waals surface area (Å²) in [6.45, 7) is 2.03. The lowest BCUT2D eigenvalue weighted by molar-refractivity contribution is -0.150. The second kappa shape index (κ2) is 4.40. The standard InChI is InChI=1S/C10H15F3N2/c1-9(2-5-14)3-6-15(7-4-9)8-10(11,12)13/h2-4,6-8H2,1H3. The van der Waals surface area contributed by atoms with Crippen LogP contribution in [0.3, 0.4) is 0 Å². The van der Waals surface area contributed by atoms with Gasteiger partial charge in [-0.2, -0.15) is 18.4 Å². The Morgan fingerprint density at radius 1 is 1.33 bits per heavy atom. The van der Waals surface area contributed by atoms with Crippen LogP contribution in [0.1, 0.15) is 26.2 Å². The van der Waals surface area contributed by atoms with E-state index < -0.39 is 12.7 Å². The van der Waals surface area contributed by atoms with Crippen molar-refractivity contribution in [3.8, 4) is 6.07 Å². The molecule has 1 fully saturated rings. The minimum Gasteiger partial charge on any atom is -0.295 e. The van der Waals surface area contributed by atoms with E-state index in [1.165, 1.54) is 4.90 Å². The third-order valence-electron chi connectivity index (χ3n) is 2.97. The third-order valence-corrected chi connectivity index (χ3v) is 2.97. The summed E-state index contributed by atoms with van der Waals surface area (Å²) >= 11 is 0. The number of rotatable bonds is 2. The molecule has 0 spiro atoms. The van der Waals surface area contributed by atoms with Crippen molar-refractivity contribution in [2.45, 2.75) is 32.4 Å². The van der Waals surface area contributed by atoms with Crippen LogP contribution in [0.25, 0.3) is 0 Å². The number of nitrogens with zero attached hydrogens (tertiary/aromatic N) is 2. The molecule has 0 bridgehead atoms. The minimum atomic E-state index is -4.11. The zero-order valence-electron chi connectivity index (χ0n) is 8.77. The van der Waals surface area contributed by atoms with Crippen LogP contribution >= 0.6 is 0 Å². The van der Waals surface area contributed by atoms with Crippen LogP contribution < -0.4 is 0 Å². The Hall–Kier alpha value is -0.760. The van der Waals surface area contributed by atoms with Crippen molar-refractivity contribution in [2.24, 2.45) is 5.41 Å². The number of nitriles is 1. The highest BCUT2D eigenvalue weighted by Crippen LogP contribution is 2.34. The molecule has 0 aromatic carbocycles. The van der Waals surface area contributed by atoms with E-state index in [9.17, 15) is 13.2 Å². The Bertz CT molecular complexity index is 246. The van der Waals surface area contributed by atoms with Crippen LogP contribution in [-0.2, 0) is 0 Å². The Balaban J connectivity index is 2.40. The van der Waals surface area contributed by atoms with E-state index in [0.29, 0.717) is 32.4 Å². The van der Waals surface area contributed by atoms with Crippen LogP contribution in [-0.4, -0.2) is 30.7 Å². The fourth-order valence-electron chi connectivity index (χ4n) is 1.87. The van der Waals surface area contributed by atoms with Gasteiger partial charge in [0.1, 0.15) is 0 Å². The number of piperidine rings is 1. The summed E-state index contributed by atoms with van der Waals surface area (Å²) in [5.74, 6) is 0. The van der Waals surface area contributed by atoms with Gasteiger partial charge in [0.15, 0.2) is 0 Å². The maximum Gasteiger partial charge on any atom is 0.401 e. The molecule has 1 heterocycles. The van der Waals surface area contributed by atoms with Crippen molar-refractivity contribution in [2.75, 3.05) is 19.6 Å². The quantitative estimate of drug-likeness (QED) is 0.715. The summed E-state index contributed by atoms with van der Waals surface area (Å²) in [6, 6.07) is 2.10. The molecule has 0 aliphatic carbocycles. The zero-order valence-corrected chi connectivity index (χ0v) is 8.77. The van der Waals surface area contributed by atoms with Gasteiger partial charge in [0, 0.05) is 6.42 Å². The summed E-state index contributed by atoms with van der Waals surface area (Å²) in [6.07, 6.45) is -2.32. The van der Waals surface area contributed by atoms with E-state index in [1.807, 2.05) is 6.92 Å². The summed E-state index contributed by atoms with van der Waals surface area (Å²) in [5, 5.41) is 8.59. The topological polar surface area (TPSA) is 27.0 Å². The molecule has 5 heteroatoms. The van der Waals surface area contributed by atoms with Gasteiger partial charge in [-0.05, 0) is 31.3 Å². The molecule has 0 aromatic rings. The lowest BCUT2D eigenvalue weighted by Gasteiger charge is -2.38. The number of alkyl halides is 3. The Labute approximate surface area is 87.7 Å². The number of hydrogen-bond donors (Lipinski definition) is 0. The number of halogens is 3. The molecule has 0 atom stereocenters. The molecule has 1 aliphatic rings. The van der Waals surface area contributed by atoms with Gasteiger partial charge >= 0.3 is 6.18 Å². The first-order valence-electron chi connectivity index (χ1n) is 5.01. The summed E-state index contributed by atoms with van der Waals surface area (Å²) < 4.78 is 36.3. The summed E-state index contributed by atoms with van der Waals surface area (Å²) in [4.78, 5) is 1.42. The lowest BCUT2D eigenvalue weighted by atomic mass is 9.78. The van der Waals surface area contributed by atoms with Crippen LogP contribution in [0.2, 0.25) is 0 Å². The zero-order chi connectivity index (χ0) is 11.5. The fourth-order valence-corrected chi connectivity index (χ4v) is 1.87. The Kier molecular flexibility index (Phi) is 3.61. The highest BCUT2D eigenvalue weighted by molar-refractivity contribution is 4.90.